The van der Waals surface area contributed by atoms with Gasteiger partial charge in [-0.2, -0.15) is 0 Å². The van der Waals surface area contributed by atoms with E-state index in [9.17, 15) is 0 Å². The summed E-state index contributed by atoms with van der Waals surface area (Å²) in [6.07, 6.45) is 0.879. The van der Waals surface area contributed by atoms with Gasteiger partial charge < -0.3 is 10.5 Å². The molecule has 72 valence electrons. The Morgan fingerprint density at radius 3 is 2.31 bits per heavy atom. The average Bonchev–Trinajstić information content (AvgIpc) is 2.03. The molecule has 0 radical (unpaired) electrons. The third-order valence-electron chi connectivity index (χ3n) is 1.45. The topological polar surface area (TPSA) is 35.2 Å². The van der Waals surface area contributed by atoms with Crippen LogP contribution in [0.1, 0.15) is 6.42 Å². The number of hydrogen-bond acceptors (Lipinski definition) is 2. The number of benzene rings is 1. The van der Waals surface area contributed by atoms with Gasteiger partial charge in [0.2, 0.25) is 0 Å². The number of halogens is 2. The van der Waals surface area contributed by atoms with E-state index in [4.69, 9.17) is 10.5 Å². The average molecular weight is 309 g/mol. The predicted octanol–water partition coefficient (Wildman–Crippen LogP) is 2.94. The summed E-state index contributed by atoms with van der Waals surface area (Å²) in [4.78, 5) is 0. The molecular formula is C9H11Br2NO. The van der Waals surface area contributed by atoms with Gasteiger partial charge in [-0.05, 0) is 31.2 Å². The SMILES string of the molecule is NCCCOc1cc(Br)cc(Br)c1. The van der Waals surface area contributed by atoms with Crippen LogP contribution in [-0.2, 0) is 0 Å². The molecule has 1 rings (SSSR count). The predicted molar refractivity (Wildman–Crippen MR) is 61.0 cm³/mol. The molecule has 0 unspecified atom stereocenters. The second-order valence-corrected chi connectivity index (χ2v) is 4.43. The van der Waals surface area contributed by atoms with Crippen molar-refractivity contribution in [1.82, 2.24) is 0 Å². The number of hydrogen-bond donors (Lipinski definition) is 1. The van der Waals surface area contributed by atoms with Crippen LogP contribution in [-0.4, -0.2) is 13.2 Å². The van der Waals surface area contributed by atoms with Gasteiger partial charge in [-0.1, -0.05) is 31.9 Å². The molecule has 0 saturated heterocycles. The Balaban J connectivity index is 2.56. The molecule has 0 fully saturated rings. The van der Waals surface area contributed by atoms with Crippen molar-refractivity contribution in [2.45, 2.75) is 6.42 Å². The molecule has 0 aliphatic heterocycles. The Hall–Kier alpha value is -0.0600. The van der Waals surface area contributed by atoms with Crippen molar-refractivity contribution >= 4 is 31.9 Å². The molecule has 0 aliphatic carbocycles. The lowest BCUT2D eigenvalue weighted by Gasteiger charge is -2.05. The molecule has 0 aliphatic rings. The summed E-state index contributed by atoms with van der Waals surface area (Å²) >= 11 is 6.77. The molecule has 0 spiro atoms. The zero-order chi connectivity index (χ0) is 9.68. The zero-order valence-corrected chi connectivity index (χ0v) is 10.3. The monoisotopic (exact) mass is 307 g/mol. The van der Waals surface area contributed by atoms with E-state index in [0.29, 0.717) is 13.2 Å². The first-order chi connectivity index (χ1) is 6.22. The fourth-order valence-electron chi connectivity index (χ4n) is 0.885. The van der Waals surface area contributed by atoms with Crippen LogP contribution < -0.4 is 10.5 Å². The Morgan fingerprint density at radius 2 is 1.77 bits per heavy atom. The largest absolute Gasteiger partial charge is 0.493 e. The second-order valence-electron chi connectivity index (χ2n) is 2.60. The summed E-state index contributed by atoms with van der Waals surface area (Å²) in [6, 6.07) is 5.83. The molecule has 0 aromatic heterocycles. The van der Waals surface area contributed by atoms with Crippen molar-refractivity contribution in [3.63, 3.8) is 0 Å². The molecule has 0 amide bonds. The lowest BCUT2D eigenvalue weighted by molar-refractivity contribution is 0.313. The first-order valence-electron chi connectivity index (χ1n) is 4.01. The number of nitrogens with two attached hydrogens (primary N) is 1. The van der Waals surface area contributed by atoms with Gasteiger partial charge in [0, 0.05) is 8.95 Å². The highest BCUT2D eigenvalue weighted by Gasteiger charge is 1.97. The van der Waals surface area contributed by atoms with Gasteiger partial charge in [0.05, 0.1) is 6.61 Å². The van der Waals surface area contributed by atoms with E-state index < -0.39 is 0 Å². The Labute approximate surface area is 94.7 Å². The van der Waals surface area contributed by atoms with Crippen LogP contribution in [0.2, 0.25) is 0 Å². The first kappa shape index (κ1) is 11.0. The van der Waals surface area contributed by atoms with E-state index >= 15 is 0 Å². The van der Waals surface area contributed by atoms with E-state index in [-0.39, 0.29) is 0 Å². The van der Waals surface area contributed by atoms with Crippen molar-refractivity contribution in [3.8, 4) is 5.75 Å². The van der Waals surface area contributed by atoms with E-state index in [0.717, 1.165) is 21.1 Å². The molecule has 4 heteroatoms. The van der Waals surface area contributed by atoms with Crippen LogP contribution in [0.25, 0.3) is 0 Å². The third-order valence-corrected chi connectivity index (χ3v) is 2.37. The van der Waals surface area contributed by atoms with Gasteiger partial charge in [-0.25, -0.2) is 0 Å². The maximum atomic E-state index is 5.47. The van der Waals surface area contributed by atoms with Crippen LogP contribution in [0.4, 0.5) is 0 Å². The van der Waals surface area contributed by atoms with Crippen LogP contribution in [0.15, 0.2) is 27.1 Å². The molecule has 2 N–H and O–H groups in total. The molecule has 0 atom stereocenters. The molecular weight excluding hydrogens is 298 g/mol. The van der Waals surface area contributed by atoms with Crippen LogP contribution in [0.5, 0.6) is 5.75 Å². The highest BCUT2D eigenvalue weighted by atomic mass is 79.9. The van der Waals surface area contributed by atoms with E-state index in [1.165, 1.54) is 0 Å². The van der Waals surface area contributed by atoms with E-state index in [1.54, 1.807) is 0 Å². The summed E-state index contributed by atoms with van der Waals surface area (Å²) in [5.41, 5.74) is 5.35. The Morgan fingerprint density at radius 1 is 1.15 bits per heavy atom. The normalized spacial score (nSPS) is 10.1. The van der Waals surface area contributed by atoms with Gasteiger partial charge in [0.1, 0.15) is 5.75 Å². The summed E-state index contributed by atoms with van der Waals surface area (Å²) in [7, 11) is 0. The minimum atomic E-state index is 0.662. The minimum Gasteiger partial charge on any atom is -0.493 e. The van der Waals surface area contributed by atoms with E-state index in [2.05, 4.69) is 31.9 Å². The molecule has 0 heterocycles. The fourth-order valence-corrected chi connectivity index (χ4v) is 2.14. The van der Waals surface area contributed by atoms with Crippen molar-refractivity contribution < 1.29 is 4.74 Å². The van der Waals surface area contributed by atoms with Gasteiger partial charge >= 0.3 is 0 Å². The quantitative estimate of drug-likeness (QED) is 0.868. The van der Waals surface area contributed by atoms with Crippen molar-refractivity contribution in [3.05, 3.63) is 27.1 Å². The lowest BCUT2D eigenvalue weighted by atomic mass is 10.3. The maximum absolute atomic E-state index is 5.47. The van der Waals surface area contributed by atoms with Crippen molar-refractivity contribution in [1.29, 1.82) is 0 Å². The molecule has 0 saturated carbocycles. The van der Waals surface area contributed by atoms with Gasteiger partial charge in [0.15, 0.2) is 0 Å². The molecule has 0 bridgehead atoms. The van der Waals surface area contributed by atoms with Crippen LogP contribution >= 0.6 is 31.9 Å². The Kier molecular flexibility index (Phi) is 4.77. The van der Waals surface area contributed by atoms with E-state index in [1.807, 2.05) is 18.2 Å². The summed E-state index contributed by atoms with van der Waals surface area (Å²) in [5.74, 6) is 0.856. The smallest absolute Gasteiger partial charge is 0.121 e. The standard InChI is InChI=1S/C9H11Br2NO/c10-7-4-8(11)6-9(5-7)13-3-1-2-12/h4-6H,1-3,12H2. The summed E-state index contributed by atoms with van der Waals surface area (Å²) in [6.45, 7) is 1.33. The summed E-state index contributed by atoms with van der Waals surface area (Å²) < 4.78 is 7.48. The van der Waals surface area contributed by atoms with Gasteiger partial charge in [-0.3, -0.25) is 0 Å². The van der Waals surface area contributed by atoms with Crippen molar-refractivity contribution in [2.75, 3.05) is 13.2 Å². The van der Waals surface area contributed by atoms with Gasteiger partial charge in [0.25, 0.3) is 0 Å². The lowest BCUT2D eigenvalue weighted by Crippen LogP contribution is -2.05. The number of ether oxygens (including phenoxy) is 1. The minimum absolute atomic E-state index is 0.662. The highest BCUT2D eigenvalue weighted by Crippen LogP contribution is 2.24. The van der Waals surface area contributed by atoms with Crippen LogP contribution in [0, 0.1) is 0 Å². The first-order valence-corrected chi connectivity index (χ1v) is 5.60. The summed E-state index contributed by atoms with van der Waals surface area (Å²) in [5, 5.41) is 0. The third kappa shape index (κ3) is 4.11. The molecule has 13 heavy (non-hydrogen) atoms. The molecule has 1 aromatic carbocycles. The number of rotatable bonds is 4. The van der Waals surface area contributed by atoms with Crippen LogP contribution in [0.3, 0.4) is 0 Å². The molecule has 2 nitrogen and oxygen atoms in total. The highest BCUT2D eigenvalue weighted by molar-refractivity contribution is 9.11. The fraction of sp³-hybridized carbons (Fsp3) is 0.333. The van der Waals surface area contributed by atoms with Gasteiger partial charge in [-0.15, -0.1) is 0 Å². The molecule has 1 aromatic rings. The zero-order valence-electron chi connectivity index (χ0n) is 7.09. The second kappa shape index (κ2) is 5.62. The Bertz CT molecular complexity index is 258. The maximum Gasteiger partial charge on any atom is 0.121 e. The van der Waals surface area contributed by atoms with Crippen molar-refractivity contribution in [2.24, 2.45) is 5.73 Å².